The van der Waals surface area contributed by atoms with Gasteiger partial charge in [0, 0.05) is 24.7 Å². The van der Waals surface area contributed by atoms with Crippen molar-refractivity contribution in [2.24, 2.45) is 5.73 Å². The molecule has 4 rings (SSSR count). The van der Waals surface area contributed by atoms with Crippen molar-refractivity contribution in [3.63, 3.8) is 0 Å². The van der Waals surface area contributed by atoms with Crippen LogP contribution in [0.1, 0.15) is 41.6 Å². The van der Waals surface area contributed by atoms with Gasteiger partial charge in [0.2, 0.25) is 11.8 Å². The van der Waals surface area contributed by atoms with Gasteiger partial charge >= 0.3 is 0 Å². The number of rotatable bonds is 7. The Labute approximate surface area is 217 Å². The lowest BCUT2D eigenvalue weighted by atomic mass is 9.94. The molecule has 0 saturated carbocycles. The molecule has 0 aliphatic carbocycles. The Morgan fingerprint density at radius 1 is 1.11 bits per heavy atom. The summed E-state index contributed by atoms with van der Waals surface area (Å²) in [7, 11) is 1.58. The molecule has 8 nitrogen and oxygen atoms in total. The number of hydrogen-bond donors (Lipinski definition) is 3. The summed E-state index contributed by atoms with van der Waals surface area (Å²) in [5.41, 5.74) is 10.6. The second-order valence-electron chi connectivity index (χ2n) is 9.36. The van der Waals surface area contributed by atoms with Gasteiger partial charge in [-0.25, -0.2) is 0 Å². The number of ether oxygens (including phenoxy) is 2. The van der Waals surface area contributed by atoms with Gasteiger partial charge in [0.25, 0.3) is 0 Å². The first-order valence-corrected chi connectivity index (χ1v) is 12.3. The Bertz CT molecular complexity index is 1300. The van der Waals surface area contributed by atoms with Crippen LogP contribution in [0.3, 0.4) is 0 Å². The number of anilines is 1. The molecule has 2 unspecified atom stereocenters. The number of nitrogens with one attached hydrogen (secondary N) is 1. The molecule has 2 amide bonds. The van der Waals surface area contributed by atoms with E-state index in [1.54, 1.807) is 30.2 Å². The second-order valence-corrected chi connectivity index (χ2v) is 9.36. The molecule has 3 aromatic rings. The van der Waals surface area contributed by atoms with Gasteiger partial charge < -0.3 is 30.5 Å². The van der Waals surface area contributed by atoms with Crippen molar-refractivity contribution < 1.29 is 24.2 Å². The van der Waals surface area contributed by atoms with Crippen LogP contribution in [0.5, 0.6) is 23.0 Å². The molecule has 8 heteroatoms. The van der Waals surface area contributed by atoms with E-state index in [2.05, 4.69) is 5.32 Å². The number of methoxy groups -OCH3 is 1. The maximum Gasteiger partial charge on any atom is 0.237 e. The first kappa shape index (κ1) is 26.0. The molecule has 3 aromatic carbocycles. The number of benzene rings is 3. The van der Waals surface area contributed by atoms with Crippen LogP contribution in [0.2, 0.25) is 0 Å². The number of amides is 2. The van der Waals surface area contributed by atoms with E-state index >= 15 is 0 Å². The van der Waals surface area contributed by atoms with Crippen LogP contribution in [0.15, 0.2) is 54.6 Å². The average molecular weight is 504 g/mol. The van der Waals surface area contributed by atoms with Crippen molar-refractivity contribution in [3.05, 3.63) is 76.9 Å². The molecule has 0 spiro atoms. The van der Waals surface area contributed by atoms with Crippen molar-refractivity contribution in [2.45, 2.75) is 45.7 Å². The normalized spacial score (nSPS) is 15.5. The molecule has 0 saturated heterocycles. The van der Waals surface area contributed by atoms with E-state index in [-0.39, 0.29) is 23.6 Å². The summed E-state index contributed by atoms with van der Waals surface area (Å²) in [5, 5.41) is 12.9. The van der Waals surface area contributed by atoms with Crippen LogP contribution < -0.4 is 25.4 Å². The van der Waals surface area contributed by atoms with Crippen LogP contribution in [-0.2, 0) is 16.0 Å². The molecular weight excluding hydrogens is 470 g/mol. The third kappa shape index (κ3) is 5.70. The Morgan fingerprint density at radius 2 is 1.78 bits per heavy atom. The van der Waals surface area contributed by atoms with E-state index in [1.165, 1.54) is 6.92 Å². The molecule has 0 radical (unpaired) electrons. The average Bonchev–Trinajstić information content (AvgIpc) is 2.86. The molecule has 0 fully saturated rings. The van der Waals surface area contributed by atoms with Gasteiger partial charge in [-0.3, -0.25) is 9.59 Å². The molecule has 194 valence electrons. The molecule has 0 bridgehead atoms. The molecule has 1 aliphatic rings. The quantitative estimate of drug-likeness (QED) is 0.443. The number of aromatic hydroxyl groups is 1. The van der Waals surface area contributed by atoms with Crippen molar-refractivity contribution in [1.82, 2.24) is 5.32 Å². The van der Waals surface area contributed by atoms with Gasteiger partial charge in [0.15, 0.2) is 11.5 Å². The minimum absolute atomic E-state index is 0.0700. The van der Waals surface area contributed by atoms with Gasteiger partial charge in [-0.05, 0) is 85.8 Å². The van der Waals surface area contributed by atoms with Crippen LogP contribution in [0.4, 0.5) is 5.69 Å². The minimum Gasteiger partial charge on any atom is -0.508 e. The maximum atomic E-state index is 13.2. The summed E-state index contributed by atoms with van der Waals surface area (Å²) in [6.07, 6.45) is 0.889. The molecule has 37 heavy (non-hydrogen) atoms. The molecule has 1 aliphatic heterocycles. The largest absolute Gasteiger partial charge is 0.508 e. The Kier molecular flexibility index (Phi) is 7.69. The zero-order valence-electron chi connectivity index (χ0n) is 21.6. The van der Waals surface area contributed by atoms with E-state index < -0.39 is 6.04 Å². The van der Waals surface area contributed by atoms with Crippen molar-refractivity contribution in [1.29, 1.82) is 0 Å². The number of carbonyl (C=O) groups excluding carboxylic acids is 2. The topological polar surface area (TPSA) is 114 Å². The lowest BCUT2D eigenvalue weighted by Crippen LogP contribution is -2.46. The number of nitrogens with zero attached hydrogens (tertiary/aromatic N) is 1. The summed E-state index contributed by atoms with van der Waals surface area (Å²) in [6.45, 7) is 5.79. The third-order valence-electron chi connectivity index (χ3n) is 6.74. The Hall–Kier alpha value is -4.04. The smallest absolute Gasteiger partial charge is 0.237 e. The van der Waals surface area contributed by atoms with E-state index in [0.29, 0.717) is 36.6 Å². The van der Waals surface area contributed by atoms with Gasteiger partial charge in [0.05, 0.1) is 19.2 Å². The highest BCUT2D eigenvalue weighted by Gasteiger charge is 2.30. The van der Waals surface area contributed by atoms with E-state index in [1.807, 2.05) is 50.2 Å². The number of phenols is 1. The Balaban J connectivity index is 1.58. The highest BCUT2D eigenvalue weighted by molar-refractivity contribution is 5.93. The number of nitrogens with two attached hydrogens (primary N) is 1. The van der Waals surface area contributed by atoms with E-state index in [0.717, 1.165) is 27.9 Å². The van der Waals surface area contributed by atoms with E-state index in [4.69, 9.17) is 15.2 Å². The first-order chi connectivity index (χ1) is 17.7. The number of fused-ring (bicyclic) bond motifs is 1. The monoisotopic (exact) mass is 503 g/mol. The summed E-state index contributed by atoms with van der Waals surface area (Å²) in [4.78, 5) is 27.2. The van der Waals surface area contributed by atoms with Crippen molar-refractivity contribution in [2.75, 3.05) is 18.6 Å². The standard InChI is InChI=1S/C29H33N3O5/c1-17-13-20(34)14-18(2)22(17)16-24(30)29(35)31-25-11-12-32(19(3)33)26-10-9-21(15-23(25)26)37-28-8-6-5-7-27(28)36-4/h5-10,13-15,24-25,34H,11-12,16,30H2,1-4H3,(H,31,35). The number of para-hydroxylation sites is 2. The van der Waals surface area contributed by atoms with Crippen LogP contribution in [0.25, 0.3) is 0 Å². The number of hydrogen-bond acceptors (Lipinski definition) is 6. The minimum atomic E-state index is -0.774. The summed E-state index contributed by atoms with van der Waals surface area (Å²) >= 11 is 0. The molecule has 2 atom stereocenters. The van der Waals surface area contributed by atoms with Crippen LogP contribution in [-0.4, -0.2) is 36.6 Å². The Morgan fingerprint density at radius 3 is 2.43 bits per heavy atom. The second kappa shape index (κ2) is 10.9. The van der Waals surface area contributed by atoms with E-state index in [9.17, 15) is 14.7 Å². The van der Waals surface area contributed by atoms with Gasteiger partial charge in [-0.1, -0.05) is 12.1 Å². The predicted molar refractivity (Wildman–Crippen MR) is 142 cm³/mol. The lowest BCUT2D eigenvalue weighted by Gasteiger charge is -2.35. The summed E-state index contributed by atoms with van der Waals surface area (Å²) in [6, 6.07) is 15.1. The van der Waals surface area contributed by atoms with Crippen LogP contribution >= 0.6 is 0 Å². The van der Waals surface area contributed by atoms with Crippen molar-refractivity contribution >= 4 is 17.5 Å². The summed E-state index contributed by atoms with van der Waals surface area (Å²) < 4.78 is 11.5. The van der Waals surface area contributed by atoms with Crippen molar-refractivity contribution in [3.8, 4) is 23.0 Å². The van der Waals surface area contributed by atoms with Gasteiger partial charge in [-0.15, -0.1) is 0 Å². The third-order valence-corrected chi connectivity index (χ3v) is 6.74. The van der Waals surface area contributed by atoms with Gasteiger partial charge in [-0.2, -0.15) is 0 Å². The number of carbonyl (C=O) groups is 2. The van der Waals surface area contributed by atoms with Crippen LogP contribution in [0, 0.1) is 13.8 Å². The fraction of sp³-hybridized carbons (Fsp3) is 0.310. The first-order valence-electron chi connectivity index (χ1n) is 12.3. The molecule has 0 aromatic heterocycles. The lowest BCUT2D eigenvalue weighted by molar-refractivity contribution is -0.123. The maximum absolute atomic E-state index is 13.2. The fourth-order valence-corrected chi connectivity index (χ4v) is 4.85. The number of phenolic OH excluding ortho intramolecular Hbond substituents is 1. The number of aryl methyl sites for hydroxylation is 2. The predicted octanol–water partition coefficient (Wildman–Crippen LogP) is 4.29. The molecular formula is C29H33N3O5. The SMILES string of the molecule is COc1ccccc1Oc1ccc2c(c1)C(NC(=O)C(N)Cc1c(C)cc(O)cc1C)CCN2C(C)=O. The zero-order valence-corrected chi connectivity index (χ0v) is 21.6. The summed E-state index contributed by atoms with van der Waals surface area (Å²) in [5.74, 6) is 1.56. The molecule has 4 N–H and O–H groups in total. The van der Waals surface area contributed by atoms with Gasteiger partial charge in [0.1, 0.15) is 11.5 Å². The molecule has 1 heterocycles. The fourth-order valence-electron chi connectivity index (χ4n) is 4.85. The highest BCUT2D eigenvalue weighted by Crippen LogP contribution is 2.39. The zero-order chi connectivity index (χ0) is 26.7. The highest BCUT2D eigenvalue weighted by atomic mass is 16.5.